The topological polar surface area (TPSA) is 6.48 Å². The molecule has 1 aliphatic rings. The molecule has 1 fully saturated rings. The van der Waals surface area contributed by atoms with E-state index in [0.717, 1.165) is 0 Å². The molecule has 1 heterocycles. The van der Waals surface area contributed by atoms with Crippen LogP contribution in [0.25, 0.3) is 0 Å². The van der Waals surface area contributed by atoms with Crippen molar-refractivity contribution in [2.45, 2.75) is 19.4 Å². The summed E-state index contributed by atoms with van der Waals surface area (Å²) < 4.78 is 2.39. The molecule has 3 heteroatoms. The molecule has 0 spiro atoms. The number of rotatable bonds is 0. The fraction of sp³-hybridized carbons (Fsp3) is 1.00. The van der Waals surface area contributed by atoms with Crippen molar-refractivity contribution in [3.8, 4) is 0 Å². The predicted molar refractivity (Wildman–Crippen MR) is 52.3 cm³/mol. The molecule has 0 aliphatic carbocycles. The first-order valence-electron chi connectivity index (χ1n) is 3.64. The summed E-state index contributed by atoms with van der Waals surface area (Å²) in [6.07, 6.45) is 0. The fourth-order valence-electron chi connectivity index (χ4n) is 1.38. The van der Waals surface area contributed by atoms with E-state index in [9.17, 15) is 0 Å². The van der Waals surface area contributed by atoms with E-state index < -0.39 is 0 Å². The Morgan fingerprint density at radius 1 is 1.30 bits per heavy atom. The monoisotopic (exact) mass is 254 g/mol. The molecule has 1 rings (SSSR count). The zero-order chi connectivity index (χ0) is 7.78. The van der Waals surface area contributed by atoms with E-state index in [1.807, 2.05) is 0 Å². The first kappa shape index (κ1) is 8.74. The lowest BCUT2D eigenvalue weighted by molar-refractivity contribution is 0.124. The Morgan fingerprint density at radius 2 is 1.90 bits per heavy atom. The Kier molecular flexibility index (Phi) is 2.58. The summed E-state index contributed by atoms with van der Waals surface area (Å²) in [6.45, 7) is 8.14. The highest BCUT2D eigenvalue weighted by Gasteiger charge is 2.30. The minimum absolute atomic E-state index is 0.355. The van der Waals surface area contributed by atoms with Crippen LogP contribution < -0.4 is 0 Å². The lowest BCUT2D eigenvalue weighted by atomic mass is 10.0. The highest BCUT2D eigenvalue weighted by atomic mass is 127. The van der Waals surface area contributed by atoms with Crippen LogP contribution in [0.1, 0.15) is 13.8 Å². The lowest BCUT2D eigenvalue weighted by Crippen LogP contribution is -2.53. The van der Waals surface area contributed by atoms with E-state index in [1.54, 1.807) is 0 Å². The SMILES string of the molecule is CN1CCN(I)C(C)(C)C1. The quantitative estimate of drug-likeness (QED) is 0.475. The molecule has 0 aromatic heterocycles. The molecule has 1 aliphatic heterocycles. The van der Waals surface area contributed by atoms with E-state index in [0.29, 0.717) is 5.54 Å². The number of piperazine rings is 1. The van der Waals surface area contributed by atoms with Gasteiger partial charge in [0.25, 0.3) is 0 Å². The maximum atomic E-state index is 2.42. The van der Waals surface area contributed by atoms with E-state index in [-0.39, 0.29) is 0 Å². The van der Waals surface area contributed by atoms with E-state index in [1.165, 1.54) is 19.6 Å². The van der Waals surface area contributed by atoms with Crippen molar-refractivity contribution in [3.63, 3.8) is 0 Å². The van der Waals surface area contributed by atoms with E-state index >= 15 is 0 Å². The Bertz CT molecular complexity index is 125. The summed E-state index contributed by atoms with van der Waals surface area (Å²) in [6, 6.07) is 0. The van der Waals surface area contributed by atoms with Gasteiger partial charge in [-0.25, -0.2) is 3.11 Å². The van der Waals surface area contributed by atoms with Crippen LogP contribution in [-0.4, -0.2) is 40.2 Å². The summed E-state index contributed by atoms with van der Waals surface area (Å²) in [7, 11) is 2.19. The number of hydrogen-bond acceptors (Lipinski definition) is 2. The molecule has 10 heavy (non-hydrogen) atoms. The highest BCUT2D eigenvalue weighted by molar-refractivity contribution is 14.1. The molecule has 0 amide bonds. The first-order valence-corrected chi connectivity index (χ1v) is 4.61. The fourth-order valence-corrected chi connectivity index (χ4v) is 1.75. The van der Waals surface area contributed by atoms with Gasteiger partial charge in [0.05, 0.1) is 0 Å². The second-order valence-corrected chi connectivity index (χ2v) is 4.80. The summed E-state index contributed by atoms with van der Waals surface area (Å²) >= 11 is 2.42. The number of halogens is 1. The van der Waals surface area contributed by atoms with Crippen LogP contribution in [0.4, 0.5) is 0 Å². The van der Waals surface area contributed by atoms with Gasteiger partial charge >= 0.3 is 0 Å². The van der Waals surface area contributed by atoms with Crippen LogP contribution in [-0.2, 0) is 0 Å². The molecule has 60 valence electrons. The van der Waals surface area contributed by atoms with Crippen molar-refractivity contribution in [3.05, 3.63) is 0 Å². The molecule has 0 aromatic rings. The van der Waals surface area contributed by atoms with Gasteiger partial charge in [-0.1, -0.05) is 0 Å². The van der Waals surface area contributed by atoms with Crippen LogP contribution in [0, 0.1) is 0 Å². The smallest absolute Gasteiger partial charge is 0.0376 e. The zero-order valence-electron chi connectivity index (χ0n) is 6.89. The number of hydrogen-bond donors (Lipinski definition) is 0. The van der Waals surface area contributed by atoms with Gasteiger partial charge in [0.2, 0.25) is 0 Å². The van der Waals surface area contributed by atoms with Crippen LogP contribution in [0.15, 0.2) is 0 Å². The Labute approximate surface area is 77.1 Å². The zero-order valence-corrected chi connectivity index (χ0v) is 9.05. The first-order chi connectivity index (χ1) is 4.52. The molecular weight excluding hydrogens is 239 g/mol. The summed E-state index contributed by atoms with van der Waals surface area (Å²) in [5.74, 6) is 0. The van der Waals surface area contributed by atoms with Crippen LogP contribution >= 0.6 is 22.9 Å². The van der Waals surface area contributed by atoms with Crippen molar-refractivity contribution in [1.82, 2.24) is 8.01 Å². The van der Waals surface area contributed by atoms with Crippen LogP contribution in [0.2, 0.25) is 0 Å². The Hall–Kier alpha value is 0.650. The Balaban J connectivity index is 2.55. The number of nitrogens with zero attached hydrogens (tertiary/aromatic N) is 2. The maximum Gasteiger partial charge on any atom is 0.0376 e. The molecular formula is C7H15IN2. The number of likely N-dealkylation sites (N-methyl/N-ethyl adjacent to an activating group) is 1. The predicted octanol–water partition coefficient (Wildman–Crippen LogP) is 1.36. The Morgan fingerprint density at radius 3 is 2.30 bits per heavy atom. The minimum atomic E-state index is 0.355. The normalized spacial score (nSPS) is 28.8. The summed E-state index contributed by atoms with van der Waals surface area (Å²) in [5.41, 5.74) is 0.355. The average Bonchev–Trinajstić information content (AvgIpc) is 1.78. The molecule has 0 N–H and O–H groups in total. The third-order valence-corrected chi connectivity index (χ3v) is 3.78. The van der Waals surface area contributed by atoms with Gasteiger partial charge in [0.15, 0.2) is 0 Å². The summed E-state index contributed by atoms with van der Waals surface area (Å²) in [5, 5.41) is 0. The maximum absolute atomic E-state index is 2.42. The van der Waals surface area contributed by atoms with Crippen LogP contribution in [0.3, 0.4) is 0 Å². The van der Waals surface area contributed by atoms with Gasteiger partial charge in [-0.15, -0.1) is 0 Å². The second-order valence-electron chi connectivity index (χ2n) is 3.64. The van der Waals surface area contributed by atoms with Crippen molar-refractivity contribution in [2.24, 2.45) is 0 Å². The third kappa shape index (κ3) is 1.83. The van der Waals surface area contributed by atoms with Gasteiger partial charge in [-0.05, 0) is 20.9 Å². The van der Waals surface area contributed by atoms with Gasteiger partial charge < -0.3 is 4.90 Å². The van der Waals surface area contributed by atoms with Crippen molar-refractivity contribution < 1.29 is 0 Å². The van der Waals surface area contributed by atoms with Gasteiger partial charge in [-0.3, -0.25) is 0 Å². The average molecular weight is 254 g/mol. The van der Waals surface area contributed by atoms with Crippen LogP contribution in [0.5, 0.6) is 0 Å². The highest BCUT2D eigenvalue weighted by Crippen LogP contribution is 2.23. The molecule has 0 bridgehead atoms. The van der Waals surface area contributed by atoms with Gasteiger partial charge in [0, 0.05) is 48.0 Å². The molecule has 0 unspecified atom stereocenters. The molecule has 0 radical (unpaired) electrons. The van der Waals surface area contributed by atoms with Crippen molar-refractivity contribution >= 4 is 22.9 Å². The largest absolute Gasteiger partial charge is 0.303 e. The lowest BCUT2D eigenvalue weighted by Gasteiger charge is -2.42. The molecule has 0 aromatic carbocycles. The third-order valence-electron chi connectivity index (χ3n) is 1.99. The molecule has 0 atom stereocenters. The van der Waals surface area contributed by atoms with Gasteiger partial charge in [-0.2, -0.15) is 0 Å². The van der Waals surface area contributed by atoms with Crippen molar-refractivity contribution in [2.75, 3.05) is 26.7 Å². The minimum Gasteiger partial charge on any atom is -0.303 e. The molecule has 1 saturated heterocycles. The molecule has 0 saturated carbocycles. The van der Waals surface area contributed by atoms with Crippen molar-refractivity contribution in [1.29, 1.82) is 0 Å². The second kappa shape index (κ2) is 2.95. The molecule has 2 nitrogen and oxygen atoms in total. The standard InChI is InChI=1S/C7H15IN2/c1-7(2)6-9(3)4-5-10(7)8/h4-6H2,1-3H3. The van der Waals surface area contributed by atoms with Gasteiger partial charge in [0.1, 0.15) is 0 Å². The summed E-state index contributed by atoms with van der Waals surface area (Å²) in [4.78, 5) is 2.38. The van der Waals surface area contributed by atoms with E-state index in [4.69, 9.17) is 0 Å². The van der Waals surface area contributed by atoms with E-state index in [2.05, 4.69) is 51.8 Å².